The molecule has 0 aliphatic rings. The Kier molecular flexibility index (Phi) is 5.34. The number of hydrogen-bond donors (Lipinski definition) is 0. The largest absolute Gasteiger partial charge is 0.458 e. The first kappa shape index (κ1) is 12.5. The van der Waals surface area contributed by atoms with Crippen LogP contribution in [0.3, 0.4) is 0 Å². The van der Waals surface area contributed by atoms with Gasteiger partial charge in [-0.25, -0.2) is 0 Å². The number of carbonyl (C=O) groups is 1. The van der Waals surface area contributed by atoms with Gasteiger partial charge >= 0.3 is 5.97 Å². The molecule has 0 saturated heterocycles. The monoisotopic (exact) mass is 218 g/mol. The zero-order chi connectivity index (χ0) is 11.8. The summed E-state index contributed by atoms with van der Waals surface area (Å²) in [6.07, 6.45) is 3.62. The van der Waals surface area contributed by atoms with Gasteiger partial charge in [-0.05, 0) is 18.4 Å². The lowest BCUT2D eigenvalue weighted by Gasteiger charge is -2.13. The number of ether oxygens (including phenoxy) is 1. The van der Waals surface area contributed by atoms with E-state index in [0.717, 1.165) is 12.8 Å². The fourth-order valence-corrected chi connectivity index (χ4v) is 1.43. The first-order valence-electron chi connectivity index (χ1n) is 5.62. The zero-order valence-corrected chi connectivity index (χ0v) is 9.69. The second-order valence-electron chi connectivity index (χ2n) is 3.64. The van der Waals surface area contributed by atoms with Crippen LogP contribution in [0.25, 0.3) is 0 Å². The molecule has 0 N–H and O–H groups in total. The van der Waals surface area contributed by atoms with E-state index in [4.69, 9.17) is 4.74 Å². The van der Waals surface area contributed by atoms with Crippen LogP contribution in [-0.4, -0.2) is 12.1 Å². The summed E-state index contributed by atoms with van der Waals surface area (Å²) in [5.41, 5.74) is 1.25. The number of aryl methyl sites for hydroxylation is 1. The molecule has 0 radical (unpaired) electrons. The van der Waals surface area contributed by atoms with E-state index in [0.29, 0.717) is 6.42 Å². The normalized spacial score (nSPS) is 11.8. The topological polar surface area (TPSA) is 26.3 Å². The third kappa shape index (κ3) is 4.30. The molecule has 2 nitrogen and oxygen atoms in total. The third-order valence-electron chi connectivity index (χ3n) is 2.39. The Morgan fingerprint density at radius 1 is 1.44 bits per heavy atom. The van der Waals surface area contributed by atoms with Crippen molar-refractivity contribution >= 4 is 5.97 Å². The van der Waals surface area contributed by atoms with E-state index in [-0.39, 0.29) is 12.1 Å². The van der Waals surface area contributed by atoms with Crippen LogP contribution >= 0.6 is 0 Å². The van der Waals surface area contributed by atoms with Crippen LogP contribution in [0.5, 0.6) is 0 Å². The van der Waals surface area contributed by atoms with Crippen LogP contribution in [-0.2, 0) is 16.0 Å². The van der Waals surface area contributed by atoms with Crippen molar-refractivity contribution < 1.29 is 9.53 Å². The number of esters is 1. The molecular weight excluding hydrogens is 200 g/mol. The first-order chi connectivity index (χ1) is 7.76. The van der Waals surface area contributed by atoms with Gasteiger partial charge in [-0.1, -0.05) is 49.9 Å². The minimum Gasteiger partial charge on any atom is -0.458 e. The lowest BCUT2D eigenvalue weighted by Crippen LogP contribution is -2.15. The Morgan fingerprint density at radius 3 is 2.69 bits per heavy atom. The van der Waals surface area contributed by atoms with Gasteiger partial charge in [0.15, 0.2) is 0 Å². The van der Waals surface area contributed by atoms with Gasteiger partial charge in [0, 0.05) is 6.42 Å². The number of benzene rings is 1. The SMILES string of the molecule is C=C[C@@H](CCc1ccccc1)OC(=O)CC. The Bertz CT molecular complexity index is 330. The van der Waals surface area contributed by atoms with E-state index in [1.54, 1.807) is 13.0 Å². The summed E-state index contributed by atoms with van der Waals surface area (Å²) in [6, 6.07) is 10.2. The predicted molar refractivity (Wildman–Crippen MR) is 65.1 cm³/mol. The molecule has 0 spiro atoms. The molecule has 1 aromatic carbocycles. The standard InChI is InChI=1S/C14H18O2/c1-3-13(16-14(15)4-2)11-10-12-8-6-5-7-9-12/h3,5-9,13H,1,4,10-11H2,2H3/t13-/m0/s1. The number of hydrogen-bond acceptors (Lipinski definition) is 2. The zero-order valence-electron chi connectivity index (χ0n) is 9.69. The van der Waals surface area contributed by atoms with Crippen LogP contribution in [0.4, 0.5) is 0 Å². The molecule has 0 saturated carbocycles. The van der Waals surface area contributed by atoms with Crippen molar-refractivity contribution in [1.29, 1.82) is 0 Å². The van der Waals surface area contributed by atoms with Gasteiger partial charge in [0.25, 0.3) is 0 Å². The van der Waals surface area contributed by atoms with Crippen LogP contribution in [0.15, 0.2) is 43.0 Å². The van der Waals surface area contributed by atoms with E-state index in [9.17, 15) is 4.79 Å². The van der Waals surface area contributed by atoms with Crippen molar-refractivity contribution in [2.75, 3.05) is 0 Å². The summed E-state index contributed by atoms with van der Waals surface area (Å²) < 4.78 is 5.21. The highest BCUT2D eigenvalue weighted by Gasteiger charge is 2.09. The van der Waals surface area contributed by atoms with Crippen LogP contribution in [0, 0.1) is 0 Å². The van der Waals surface area contributed by atoms with Crippen LogP contribution < -0.4 is 0 Å². The summed E-state index contributed by atoms with van der Waals surface area (Å²) in [5.74, 6) is -0.169. The van der Waals surface area contributed by atoms with E-state index in [2.05, 4.69) is 18.7 Å². The molecule has 0 heterocycles. The number of carbonyl (C=O) groups excluding carboxylic acids is 1. The fourth-order valence-electron chi connectivity index (χ4n) is 1.43. The van der Waals surface area contributed by atoms with Crippen molar-refractivity contribution in [3.05, 3.63) is 48.6 Å². The molecule has 0 bridgehead atoms. The molecule has 0 aromatic heterocycles. The third-order valence-corrected chi connectivity index (χ3v) is 2.39. The summed E-state index contributed by atoms with van der Waals surface area (Å²) in [5, 5.41) is 0. The highest BCUT2D eigenvalue weighted by atomic mass is 16.5. The lowest BCUT2D eigenvalue weighted by molar-refractivity contribution is -0.146. The van der Waals surface area contributed by atoms with Gasteiger partial charge in [0.05, 0.1) is 0 Å². The second-order valence-corrected chi connectivity index (χ2v) is 3.64. The van der Waals surface area contributed by atoms with Crippen LogP contribution in [0.2, 0.25) is 0 Å². The summed E-state index contributed by atoms with van der Waals surface area (Å²) in [6.45, 7) is 5.47. The molecule has 1 aromatic rings. The predicted octanol–water partition coefficient (Wildman–Crippen LogP) is 3.13. The molecule has 0 amide bonds. The van der Waals surface area contributed by atoms with E-state index >= 15 is 0 Å². The minimum absolute atomic E-state index is 0.169. The van der Waals surface area contributed by atoms with Crippen molar-refractivity contribution in [3.8, 4) is 0 Å². The smallest absolute Gasteiger partial charge is 0.306 e. The molecule has 0 fully saturated rings. The van der Waals surface area contributed by atoms with Crippen molar-refractivity contribution in [3.63, 3.8) is 0 Å². The molecular formula is C14H18O2. The quantitative estimate of drug-likeness (QED) is 0.541. The van der Waals surface area contributed by atoms with E-state index in [1.807, 2.05) is 18.2 Å². The van der Waals surface area contributed by atoms with Crippen LogP contribution in [0.1, 0.15) is 25.3 Å². The van der Waals surface area contributed by atoms with Gasteiger partial charge in [-0.3, -0.25) is 4.79 Å². The van der Waals surface area contributed by atoms with E-state index in [1.165, 1.54) is 5.56 Å². The lowest BCUT2D eigenvalue weighted by atomic mass is 10.1. The maximum Gasteiger partial charge on any atom is 0.306 e. The Labute approximate surface area is 96.9 Å². The van der Waals surface area contributed by atoms with E-state index < -0.39 is 0 Å². The molecule has 86 valence electrons. The minimum atomic E-state index is -0.173. The van der Waals surface area contributed by atoms with Gasteiger partial charge in [0.2, 0.25) is 0 Å². The van der Waals surface area contributed by atoms with Gasteiger partial charge < -0.3 is 4.74 Å². The van der Waals surface area contributed by atoms with Crippen molar-refractivity contribution in [2.24, 2.45) is 0 Å². The Hall–Kier alpha value is -1.57. The van der Waals surface area contributed by atoms with Crippen molar-refractivity contribution in [2.45, 2.75) is 32.3 Å². The first-order valence-corrected chi connectivity index (χ1v) is 5.62. The summed E-state index contributed by atoms with van der Waals surface area (Å²) >= 11 is 0. The maximum atomic E-state index is 11.1. The van der Waals surface area contributed by atoms with Gasteiger partial charge in [-0.15, -0.1) is 0 Å². The molecule has 0 unspecified atom stereocenters. The number of rotatable bonds is 6. The van der Waals surface area contributed by atoms with Gasteiger partial charge in [0.1, 0.15) is 6.10 Å². The Balaban J connectivity index is 2.40. The highest BCUT2D eigenvalue weighted by Crippen LogP contribution is 2.08. The highest BCUT2D eigenvalue weighted by molar-refractivity contribution is 5.69. The molecule has 0 aliphatic heterocycles. The average Bonchev–Trinajstić information content (AvgIpc) is 2.35. The summed E-state index contributed by atoms with van der Waals surface area (Å²) in [4.78, 5) is 11.1. The molecule has 1 rings (SSSR count). The summed E-state index contributed by atoms with van der Waals surface area (Å²) in [7, 11) is 0. The molecule has 1 atom stereocenters. The second kappa shape index (κ2) is 6.83. The van der Waals surface area contributed by atoms with Gasteiger partial charge in [-0.2, -0.15) is 0 Å². The van der Waals surface area contributed by atoms with Crippen molar-refractivity contribution in [1.82, 2.24) is 0 Å². The maximum absolute atomic E-state index is 11.1. The fraction of sp³-hybridized carbons (Fsp3) is 0.357. The molecule has 0 aliphatic carbocycles. The molecule has 2 heteroatoms. The molecule has 16 heavy (non-hydrogen) atoms. The Morgan fingerprint density at radius 2 is 2.12 bits per heavy atom. The average molecular weight is 218 g/mol.